The molecule has 2 N–H and O–H groups in total. The van der Waals surface area contributed by atoms with Gasteiger partial charge in [0, 0.05) is 18.9 Å². The number of hydrogen-bond donors (Lipinski definition) is 2. The number of ether oxygens (including phenoxy) is 2. The predicted molar refractivity (Wildman–Crippen MR) is 126 cm³/mol. The number of carbonyl (C=O) groups is 2. The van der Waals surface area contributed by atoms with Gasteiger partial charge in [-0.15, -0.1) is 0 Å². The molecular weight excluding hydrogens is 420 g/mol. The van der Waals surface area contributed by atoms with Gasteiger partial charge in [-0.25, -0.2) is 9.48 Å². The summed E-state index contributed by atoms with van der Waals surface area (Å²) in [6.45, 7) is 4.42. The minimum absolute atomic E-state index is 0.147. The first-order valence-electron chi connectivity index (χ1n) is 10.6. The quantitative estimate of drug-likeness (QED) is 0.314. The van der Waals surface area contributed by atoms with E-state index in [2.05, 4.69) is 39.7 Å². The number of anilines is 1. The van der Waals surface area contributed by atoms with Crippen molar-refractivity contribution in [3.8, 4) is 0 Å². The zero-order valence-electron chi connectivity index (χ0n) is 18.8. The highest BCUT2D eigenvalue weighted by Gasteiger charge is 2.23. The summed E-state index contributed by atoms with van der Waals surface area (Å²) >= 11 is 0. The number of aromatic amines is 1. The van der Waals surface area contributed by atoms with Crippen LogP contribution in [0.1, 0.15) is 37.7 Å². The van der Waals surface area contributed by atoms with Crippen molar-refractivity contribution in [2.24, 2.45) is 0 Å². The third kappa shape index (κ3) is 4.65. The van der Waals surface area contributed by atoms with Crippen molar-refractivity contribution in [3.63, 3.8) is 0 Å². The molecule has 4 aromatic rings. The lowest BCUT2D eigenvalue weighted by atomic mass is 10.0. The Kier molecular flexibility index (Phi) is 6.55. The maximum atomic E-state index is 13.0. The van der Waals surface area contributed by atoms with E-state index in [1.807, 2.05) is 18.2 Å². The van der Waals surface area contributed by atoms with E-state index in [0.717, 1.165) is 16.3 Å². The fourth-order valence-corrected chi connectivity index (χ4v) is 3.91. The minimum atomic E-state index is -0.488. The largest absolute Gasteiger partial charge is 0.460 e. The molecule has 0 fully saturated rings. The molecule has 33 heavy (non-hydrogen) atoms. The third-order valence-corrected chi connectivity index (χ3v) is 5.55. The second-order valence-corrected chi connectivity index (χ2v) is 7.72. The third-order valence-electron chi connectivity index (χ3n) is 5.55. The van der Waals surface area contributed by atoms with Crippen LogP contribution in [0.4, 0.5) is 5.82 Å². The Bertz CT molecular complexity index is 1300. The van der Waals surface area contributed by atoms with Gasteiger partial charge in [0.25, 0.3) is 5.91 Å². The van der Waals surface area contributed by atoms with E-state index in [-0.39, 0.29) is 12.5 Å². The number of amides is 1. The first-order chi connectivity index (χ1) is 16.0. The summed E-state index contributed by atoms with van der Waals surface area (Å²) in [6.07, 6.45) is 1.64. The van der Waals surface area contributed by atoms with Crippen LogP contribution < -0.4 is 5.32 Å². The number of aryl methyl sites for hydroxylation is 1. The molecule has 4 rings (SSSR count). The molecule has 0 saturated heterocycles. The Labute approximate surface area is 191 Å². The van der Waals surface area contributed by atoms with Gasteiger partial charge in [0.2, 0.25) is 0 Å². The molecule has 0 atom stereocenters. The number of methoxy groups -OCH3 is 1. The first kappa shape index (κ1) is 22.3. The molecule has 1 amide bonds. The lowest BCUT2D eigenvalue weighted by Gasteiger charge is -2.11. The Morgan fingerprint density at radius 3 is 2.67 bits per heavy atom. The van der Waals surface area contributed by atoms with Gasteiger partial charge in [-0.05, 0) is 35.7 Å². The fraction of sp³-hybridized carbons (Fsp3) is 0.240. The SMILES string of the molecule is COCCOC(=O)c1c(C)[nH]c(C(=O)Nc2ccnn2Cc2cccc3ccccc23)c1C. The van der Waals surface area contributed by atoms with Gasteiger partial charge >= 0.3 is 5.97 Å². The summed E-state index contributed by atoms with van der Waals surface area (Å²) < 4.78 is 11.9. The van der Waals surface area contributed by atoms with Crippen molar-refractivity contribution in [3.05, 3.63) is 82.8 Å². The second kappa shape index (κ2) is 9.70. The fourth-order valence-electron chi connectivity index (χ4n) is 3.91. The minimum Gasteiger partial charge on any atom is -0.460 e. The number of nitrogens with one attached hydrogen (secondary N) is 2. The lowest BCUT2D eigenvalue weighted by Crippen LogP contribution is -2.18. The number of nitrogens with zero attached hydrogens (tertiary/aromatic N) is 2. The number of carbonyl (C=O) groups excluding carboxylic acids is 2. The van der Waals surface area contributed by atoms with E-state index >= 15 is 0 Å². The van der Waals surface area contributed by atoms with Gasteiger partial charge in [-0.2, -0.15) is 5.10 Å². The molecule has 2 aromatic heterocycles. The number of aromatic nitrogens is 3. The smallest absolute Gasteiger partial charge is 0.340 e. The summed E-state index contributed by atoms with van der Waals surface area (Å²) in [7, 11) is 1.54. The molecule has 8 nitrogen and oxygen atoms in total. The van der Waals surface area contributed by atoms with Crippen LogP contribution in [-0.4, -0.2) is 47.0 Å². The Balaban J connectivity index is 1.53. The van der Waals surface area contributed by atoms with Gasteiger partial charge in [0.1, 0.15) is 18.1 Å². The van der Waals surface area contributed by atoms with Crippen LogP contribution >= 0.6 is 0 Å². The van der Waals surface area contributed by atoms with Crippen LogP contribution in [0, 0.1) is 13.8 Å². The maximum absolute atomic E-state index is 13.0. The number of hydrogen-bond acceptors (Lipinski definition) is 5. The summed E-state index contributed by atoms with van der Waals surface area (Å²) in [6, 6.07) is 16.0. The summed E-state index contributed by atoms with van der Waals surface area (Å²) in [4.78, 5) is 28.5. The molecule has 0 aliphatic rings. The lowest BCUT2D eigenvalue weighted by molar-refractivity contribution is 0.0387. The van der Waals surface area contributed by atoms with Gasteiger partial charge in [-0.1, -0.05) is 42.5 Å². The number of esters is 1. The average molecular weight is 447 g/mol. The van der Waals surface area contributed by atoms with Crippen molar-refractivity contribution in [1.29, 1.82) is 0 Å². The van der Waals surface area contributed by atoms with Crippen molar-refractivity contribution < 1.29 is 19.1 Å². The summed E-state index contributed by atoms with van der Waals surface area (Å²) in [5.74, 6) is -0.284. The zero-order valence-corrected chi connectivity index (χ0v) is 18.8. The van der Waals surface area contributed by atoms with Crippen LogP contribution in [0.25, 0.3) is 10.8 Å². The molecule has 2 aromatic carbocycles. The van der Waals surface area contributed by atoms with Crippen LogP contribution in [0.15, 0.2) is 54.7 Å². The average Bonchev–Trinajstić information content (AvgIpc) is 3.37. The van der Waals surface area contributed by atoms with Crippen LogP contribution in [0.2, 0.25) is 0 Å². The Morgan fingerprint density at radius 2 is 1.85 bits per heavy atom. The van der Waals surface area contributed by atoms with Crippen molar-refractivity contribution >= 4 is 28.5 Å². The van der Waals surface area contributed by atoms with Gasteiger partial charge < -0.3 is 19.8 Å². The number of benzene rings is 2. The van der Waals surface area contributed by atoms with E-state index in [9.17, 15) is 9.59 Å². The predicted octanol–water partition coefficient (Wildman–Crippen LogP) is 4.09. The molecule has 0 aliphatic carbocycles. The molecule has 8 heteroatoms. The molecule has 0 bridgehead atoms. The van der Waals surface area contributed by atoms with Gasteiger partial charge in [-0.3, -0.25) is 4.79 Å². The van der Waals surface area contributed by atoms with Crippen molar-refractivity contribution in [2.45, 2.75) is 20.4 Å². The van der Waals surface area contributed by atoms with Crippen LogP contribution in [-0.2, 0) is 16.0 Å². The van der Waals surface area contributed by atoms with Crippen molar-refractivity contribution in [2.75, 3.05) is 25.6 Å². The van der Waals surface area contributed by atoms with E-state index < -0.39 is 5.97 Å². The van der Waals surface area contributed by atoms with Gasteiger partial charge in [0.15, 0.2) is 0 Å². The number of fused-ring (bicyclic) bond motifs is 1. The standard InChI is InChI=1S/C25H26N4O4/c1-16-22(25(31)33-14-13-32-3)17(2)27-23(16)24(30)28-21-11-12-26-29(21)15-19-9-6-8-18-7-4-5-10-20(18)19/h4-12,27H,13-15H2,1-3H3,(H,28,30). The highest BCUT2D eigenvalue weighted by atomic mass is 16.6. The molecule has 0 spiro atoms. The Hall–Kier alpha value is -3.91. The van der Waals surface area contributed by atoms with Crippen LogP contribution in [0.5, 0.6) is 0 Å². The molecule has 0 unspecified atom stereocenters. The number of H-pyrrole nitrogens is 1. The molecular formula is C25H26N4O4. The normalized spacial score (nSPS) is 11.0. The van der Waals surface area contributed by atoms with E-state index in [4.69, 9.17) is 9.47 Å². The van der Waals surface area contributed by atoms with Crippen LogP contribution in [0.3, 0.4) is 0 Å². The van der Waals surface area contributed by atoms with E-state index in [1.165, 1.54) is 7.11 Å². The highest BCUT2D eigenvalue weighted by molar-refractivity contribution is 6.06. The topological polar surface area (TPSA) is 98.2 Å². The maximum Gasteiger partial charge on any atom is 0.340 e. The molecule has 2 heterocycles. The molecule has 0 radical (unpaired) electrons. The second-order valence-electron chi connectivity index (χ2n) is 7.72. The number of rotatable bonds is 8. The molecule has 0 saturated carbocycles. The monoisotopic (exact) mass is 446 g/mol. The van der Waals surface area contributed by atoms with E-state index in [1.54, 1.807) is 30.8 Å². The van der Waals surface area contributed by atoms with Crippen molar-refractivity contribution in [1.82, 2.24) is 14.8 Å². The summed E-state index contributed by atoms with van der Waals surface area (Å²) in [5, 5.41) is 9.58. The summed E-state index contributed by atoms with van der Waals surface area (Å²) in [5.41, 5.74) is 2.88. The Morgan fingerprint density at radius 1 is 1.06 bits per heavy atom. The zero-order chi connectivity index (χ0) is 23.4. The highest BCUT2D eigenvalue weighted by Crippen LogP contribution is 2.22. The first-order valence-corrected chi connectivity index (χ1v) is 10.6. The van der Waals surface area contributed by atoms with Gasteiger partial charge in [0.05, 0.1) is 24.9 Å². The van der Waals surface area contributed by atoms with E-state index in [0.29, 0.717) is 41.5 Å². The molecule has 170 valence electrons. The molecule has 0 aliphatic heterocycles.